The summed E-state index contributed by atoms with van der Waals surface area (Å²) in [5.41, 5.74) is 12.0. The normalized spacial score (nSPS) is 12.6. The first-order valence-electron chi connectivity index (χ1n) is 9.06. The molecular weight excluding hydrogens is 336 g/mol. The van der Waals surface area contributed by atoms with Crippen LogP contribution >= 0.6 is 0 Å². The van der Waals surface area contributed by atoms with Gasteiger partial charge in [-0.3, -0.25) is 0 Å². The Morgan fingerprint density at radius 2 is 1.07 bits per heavy atom. The monoisotopic (exact) mass is 352 g/mol. The van der Waals surface area contributed by atoms with E-state index in [-0.39, 0.29) is 0 Å². The van der Waals surface area contributed by atoms with E-state index in [1.807, 2.05) is 72.9 Å². The number of benzene rings is 2. The fourth-order valence-electron chi connectivity index (χ4n) is 2.90. The molecule has 0 bridgehead atoms. The molecule has 28 heavy (non-hydrogen) atoms. The molecule has 4 rings (SSSR count). The van der Waals surface area contributed by atoms with Gasteiger partial charge in [-0.05, 0) is 35.4 Å². The third-order valence-electron chi connectivity index (χ3n) is 4.22. The lowest BCUT2D eigenvalue weighted by molar-refractivity contribution is 1.53. The third-order valence-corrected chi connectivity index (χ3v) is 4.22. The zero-order valence-electron chi connectivity index (χ0n) is 15.2. The van der Waals surface area contributed by atoms with Crippen LogP contribution in [0.3, 0.4) is 0 Å². The van der Waals surface area contributed by atoms with Crippen molar-refractivity contribution in [1.82, 2.24) is 0 Å². The average Bonchev–Trinajstić information content (AvgIpc) is 3.45. The van der Waals surface area contributed by atoms with Gasteiger partial charge in [0.15, 0.2) is 0 Å². The predicted molar refractivity (Wildman–Crippen MR) is 116 cm³/mol. The molecule has 2 aromatic rings. The lowest BCUT2D eigenvalue weighted by Gasteiger charge is -2.09. The summed E-state index contributed by atoms with van der Waals surface area (Å²) < 4.78 is 0. The molecule has 0 radical (unpaired) electrons. The summed E-state index contributed by atoms with van der Waals surface area (Å²) >= 11 is 0. The van der Waals surface area contributed by atoms with Gasteiger partial charge >= 0.3 is 0 Å². The molecule has 0 heterocycles. The van der Waals surface area contributed by atoms with Crippen LogP contribution in [0.1, 0.15) is 11.1 Å². The molecule has 0 spiro atoms. The van der Waals surface area contributed by atoms with E-state index in [1.165, 1.54) is 0 Å². The second kappa shape index (κ2) is 8.47. The van der Waals surface area contributed by atoms with Crippen molar-refractivity contribution in [2.24, 2.45) is 0 Å². The van der Waals surface area contributed by atoms with Crippen LogP contribution in [-0.4, -0.2) is 0 Å². The summed E-state index contributed by atoms with van der Waals surface area (Å²) in [5.74, 6) is 13.0. The fraction of sp³-hybridized carbons (Fsp3) is 0. The van der Waals surface area contributed by atoms with Crippen LogP contribution in [0, 0.1) is 23.7 Å². The first-order chi connectivity index (χ1) is 13.9. The summed E-state index contributed by atoms with van der Waals surface area (Å²) in [6.45, 7) is 0. The molecule has 0 nitrogen and oxygen atoms in total. The molecule has 128 valence electrons. The van der Waals surface area contributed by atoms with Gasteiger partial charge in [0.25, 0.3) is 0 Å². The maximum Gasteiger partial charge on any atom is 0.0836 e. The molecule has 0 heteroatoms. The van der Waals surface area contributed by atoms with Crippen LogP contribution in [0.15, 0.2) is 125 Å². The standard InChI is InChI=1S/C28H16/c1-3-15-25(16-4-1)28(26-17-5-2-6-18-26)27(21-19-23-11-7-8-12-23)22-20-24-13-9-10-14-24/h1-11,13,15-18H. The molecule has 0 N–H and O–H groups in total. The van der Waals surface area contributed by atoms with E-state index in [4.69, 9.17) is 0 Å². The number of hydrogen-bond acceptors (Lipinski definition) is 0. The van der Waals surface area contributed by atoms with Crippen molar-refractivity contribution in [2.45, 2.75) is 0 Å². The zero-order valence-corrected chi connectivity index (χ0v) is 15.2. The van der Waals surface area contributed by atoms with Gasteiger partial charge in [-0.25, -0.2) is 0 Å². The van der Waals surface area contributed by atoms with Gasteiger partial charge in [-0.1, -0.05) is 96.5 Å². The van der Waals surface area contributed by atoms with E-state index in [0.717, 1.165) is 33.4 Å². The maximum absolute atomic E-state index is 3.29. The van der Waals surface area contributed by atoms with E-state index < -0.39 is 0 Å². The van der Waals surface area contributed by atoms with Crippen LogP contribution in [0.2, 0.25) is 0 Å². The number of rotatable bonds is 2. The quantitative estimate of drug-likeness (QED) is 0.473. The minimum atomic E-state index is 0.779. The van der Waals surface area contributed by atoms with Crippen molar-refractivity contribution in [3.05, 3.63) is 136 Å². The Morgan fingerprint density at radius 3 is 1.46 bits per heavy atom. The summed E-state index contributed by atoms with van der Waals surface area (Å²) in [7, 11) is 0. The fourth-order valence-corrected chi connectivity index (χ4v) is 2.90. The number of hydrogen-bond donors (Lipinski definition) is 0. The summed E-state index contributed by atoms with van der Waals surface area (Å²) in [5, 5.41) is 0. The molecule has 2 aliphatic rings. The molecule has 2 aliphatic carbocycles. The Kier molecular flexibility index (Phi) is 5.22. The van der Waals surface area contributed by atoms with E-state index in [1.54, 1.807) is 0 Å². The van der Waals surface area contributed by atoms with Crippen LogP contribution in [-0.2, 0) is 0 Å². The van der Waals surface area contributed by atoms with Gasteiger partial charge in [0.1, 0.15) is 0 Å². The lowest BCUT2D eigenvalue weighted by atomic mass is 9.93. The van der Waals surface area contributed by atoms with E-state index in [0.29, 0.717) is 0 Å². The van der Waals surface area contributed by atoms with Crippen LogP contribution in [0.4, 0.5) is 0 Å². The van der Waals surface area contributed by atoms with Gasteiger partial charge in [0, 0.05) is 5.57 Å². The van der Waals surface area contributed by atoms with Crippen LogP contribution < -0.4 is 0 Å². The molecule has 0 atom stereocenters. The summed E-state index contributed by atoms with van der Waals surface area (Å²) in [6.07, 6.45) is 11.5. The molecule has 0 saturated heterocycles. The topological polar surface area (TPSA) is 0 Å². The van der Waals surface area contributed by atoms with Crippen molar-refractivity contribution in [3.63, 3.8) is 0 Å². The minimum absolute atomic E-state index is 0.779. The molecule has 0 unspecified atom stereocenters. The Labute approximate surface area is 165 Å². The first-order valence-corrected chi connectivity index (χ1v) is 9.06. The smallest absolute Gasteiger partial charge is 0.0836 e. The lowest BCUT2D eigenvalue weighted by Crippen LogP contribution is -1.93. The summed E-state index contributed by atoms with van der Waals surface area (Å²) in [6, 6.07) is 20.5. The average molecular weight is 352 g/mol. The number of allylic oxidation sites excluding steroid dienone is 7. The van der Waals surface area contributed by atoms with Crippen LogP contribution in [0.5, 0.6) is 0 Å². The van der Waals surface area contributed by atoms with Crippen molar-refractivity contribution in [3.8, 4) is 23.7 Å². The molecule has 0 amide bonds. The van der Waals surface area contributed by atoms with Gasteiger partial charge in [0.2, 0.25) is 0 Å². The molecule has 0 aliphatic heterocycles. The molecular formula is C28H16. The highest BCUT2D eigenvalue weighted by Crippen LogP contribution is 2.26. The van der Waals surface area contributed by atoms with E-state index in [2.05, 4.69) is 59.4 Å². The highest BCUT2D eigenvalue weighted by Gasteiger charge is 2.09. The second-order valence-electron chi connectivity index (χ2n) is 6.15. The first kappa shape index (κ1) is 17.2. The van der Waals surface area contributed by atoms with Crippen molar-refractivity contribution < 1.29 is 0 Å². The van der Waals surface area contributed by atoms with Crippen molar-refractivity contribution >= 4 is 5.57 Å². The predicted octanol–water partition coefficient (Wildman–Crippen LogP) is 5.80. The summed E-state index contributed by atoms with van der Waals surface area (Å²) in [4.78, 5) is 0. The second-order valence-corrected chi connectivity index (χ2v) is 6.15. The Hall–Kier alpha value is -4.18. The SMILES string of the molecule is C1=CC=CC=1C#CC(C#CC1=C=CC=C1)=C(c1ccccc1)c1ccccc1. The van der Waals surface area contributed by atoms with Gasteiger partial charge in [-0.15, -0.1) is 11.5 Å². The highest BCUT2D eigenvalue weighted by atomic mass is 14.1. The molecule has 0 aromatic heterocycles. The van der Waals surface area contributed by atoms with Gasteiger partial charge in [0.05, 0.1) is 16.7 Å². The maximum atomic E-state index is 3.29. The van der Waals surface area contributed by atoms with Gasteiger partial charge < -0.3 is 0 Å². The molecule has 0 saturated carbocycles. The van der Waals surface area contributed by atoms with Crippen LogP contribution in [0.25, 0.3) is 5.57 Å². The Morgan fingerprint density at radius 1 is 0.607 bits per heavy atom. The van der Waals surface area contributed by atoms with E-state index >= 15 is 0 Å². The third kappa shape index (κ3) is 4.14. The highest BCUT2D eigenvalue weighted by molar-refractivity contribution is 5.88. The zero-order chi connectivity index (χ0) is 19.0. The van der Waals surface area contributed by atoms with Gasteiger partial charge in [-0.2, -0.15) is 0 Å². The van der Waals surface area contributed by atoms with Crippen molar-refractivity contribution in [2.75, 3.05) is 0 Å². The van der Waals surface area contributed by atoms with E-state index in [9.17, 15) is 0 Å². The largest absolute Gasteiger partial charge is 0.104 e. The van der Waals surface area contributed by atoms with Crippen molar-refractivity contribution in [1.29, 1.82) is 0 Å². The molecule has 2 aromatic carbocycles. The minimum Gasteiger partial charge on any atom is -0.104 e. The Balaban J connectivity index is 1.93. The Bertz CT molecular complexity index is 1140. The molecule has 0 fully saturated rings.